The number of fused-ring (bicyclic) bond motifs is 4. The first kappa shape index (κ1) is 20.4. The van der Waals surface area contributed by atoms with Gasteiger partial charge >= 0.3 is 0 Å². The molecule has 1 aromatic heterocycles. The summed E-state index contributed by atoms with van der Waals surface area (Å²) in [6.07, 6.45) is 2.35. The Labute approximate surface area is 177 Å². The summed E-state index contributed by atoms with van der Waals surface area (Å²) in [5.41, 5.74) is 1.89. The smallest absolute Gasteiger partial charge is 0.299 e. The summed E-state index contributed by atoms with van der Waals surface area (Å²) in [6, 6.07) is 6.76. The molecule has 2 aromatic rings. The van der Waals surface area contributed by atoms with E-state index in [2.05, 4.69) is 29.0 Å². The summed E-state index contributed by atoms with van der Waals surface area (Å²) < 4.78 is 11.7. The molecule has 1 unspecified atom stereocenters. The predicted molar refractivity (Wildman–Crippen MR) is 114 cm³/mol. The molecule has 4 aliphatic heterocycles. The molecule has 0 radical (unpaired) electrons. The summed E-state index contributed by atoms with van der Waals surface area (Å²) in [7, 11) is 0. The standard InChI is InChI=1S/C21H28N4O3.ClH/c1-13-11-27-12-14(2)25(13)21-23-19-16(4-3-5-18(19)28-21)20(26)22-17-10-24-8-6-15(17)7-9-24;/h3-5,13-15,17H,6-12H2,1-2H3,(H,22,26);1H/t13-,14-,17?;/m0./s1. The Morgan fingerprint density at radius 3 is 2.55 bits per heavy atom. The lowest BCUT2D eigenvalue weighted by Gasteiger charge is -2.44. The van der Waals surface area contributed by atoms with Crippen molar-refractivity contribution in [1.29, 1.82) is 0 Å². The zero-order valence-electron chi connectivity index (χ0n) is 17.0. The van der Waals surface area contributed by atoms with Gasteiger partial charge in [0.15, 0.2) is 5.58 Å². The van der Waals surface area contributed by atoms with E-state index in [-0.39, 0.29) is 36.4 Å². The molecule has 0 aliphatic carbocycles. The fourth-order valence-electron chi connectivity index (χ4n) is 4.99. The number of amides is 1. The second kappa shape index (κ2) is 8.13. The van der Waals surface area contributed by atoms with E-state index >= 15 is 0 Å². The van der Waals surface area contributed by atoms with Crippen LogP contribution in [0.1, 0.15) is 37.0 Å². The number of benzene rings is 1. The maximum atomic E-state index is 13.1. The van der Waals surface area contributed by atoms with Crippen molar-refractivity contribution < 1.29 is 13.9 Å². The molecule has 7 nitrogen and oxygen atoms in total. The predicted octanol–water partition coefficient (Wildman–Crippen LogP) is 2.69. The van der Waals surface area contributed by atoms with Gasteiger partial charge < -0.3 is 24.3 Å². The minimum absolute atomic E-state index is 0. The van der Waals surface area contributed by atoms with Crippen LogP contribution in [0.25, 0.3) is 11.1 Å². The van der Waals surface area contributed by atoms with Crippen LogP contribution in [0.2, 0.25) is 0 Å². The van der Waals surface area contributed by atoms with Crippen molar-refractivity contribution >= 4 is 35.4 Å². The Balaban J connectivity index is 0.00000205. The van der Waals surface area contributed by atoms with Crippen molar-refractivity contribution in [2.24, 2.45) is 5.92 Å². The summed E-state index contributed by atoms with van der Waals surface area (Å²) >= 11 is 0. The summed E-state index contributed by atoms with van der Waals surface area (Å²) in [6.45, 7) is 8.78. The lowest BCUT2D eigenvalue weighted by Crippen LogP contribution is -2.57. The molecule has 1 aromatic carbocycles. The Kier molecular flexibility index (Phi) is 5.73. The number of aromatic nitrogens is 1. The van der Waals surface area contributed by atoms with E-state index in [9.17, 15) is 4.79 Å². The zero-order valence-corrected chi connectivity index (χ0v) is 17.8. The Morgan fingerprint density at radius 2 is 1.90 bits per heavy atom. The molecule has 0 saturated carbocycles. The van der Waals surface area contributed by atoms with E-state index in [1.165, 1.54) is 12.8 Å². The van der Waals surface area contributed by atoms with Crippen LogP contribution in [0, 0.1) is 5.92 Å². The first-order valence-electron chi connectivity index (χ1n) is 10.4. The van der Waals surface area contributed by atoms with Crippen molar-refractivity contribution in [2.75, 3.05) is 37.7 Å². The number of ether oxygens (including phenoxy) is 1. The van der Waals surface area contributed by atoms with E-state index in [0.29, 0.717) is 41.8 Å². The van der Waals surface area contributed by atoms with Crippen molar-refractivity contribution in [3.8, 4) is 0 Å². The lowest BCUT2D eigenvalue weighted by molar-refractivity contribution is 0.0621. The summed E-state index contributed by atoms with van der Waals surface area (Å²) in [4.78, 5) is 22.4. The Morgan fingerprint density at radius 1 is 1.17 bits per heavy atom. The molecule has 4 fully saturated rings. The van der Waals surface area contributed by atoms with E-state index in [4.69, 9.17) is 14.1 Å². The second-order valence-corrected chi connectivity index (χ2v) is 8.51. The molecule has 1 amide bonds. The third-order valence-electron chi connectivity index (χ3n) is 6.51. The Bertz CT molecular complexity index is 870. The molecule has 4 saturated heterocycles. The van der Waals surface area contributed by atoms with Gasteiger partial charge in [0.2, 0.25) is 0 Å². The van der Waals surface area contributed by atoms with E-state index in [1.54, 1.807) is 0 Å². The first-order valence-corrected chi connectivity index (χ1v) is 10.4. The lowest BCUT2D eigenvalue weighted by atomic mass is 9.84. The van der Waals surface area contributed by atoms with Crippen LogP contribution in [0.15, 0.2) is 22.6 Å². The molecule has 6 rings (SSSR count). The SMILES string of the molecule is C[C@H]1COC[C@H](C)N1c1nc2c(C(=O)NC3CN4CCC3CC4)cccc2o1.Cl. The van der Waals surface area contributed by atoms with Gasteiger partial charge in [0.05, 0.1) is 30.9 Å². The van der Waals surface area contributed by atoms with Crippen LogP contribution in [0.5, 0.6) is 0 Å². The highest BCUT2D eigenvalue weighted by molar-refractivity contribution is 6.04. The fourth-order valence-corrected chi connectivity index (χ4v) is 4.99. The largest absolute Gasteiger partial charge is 0.423 e. The highest BCUT2D eigenvalue weighted by atomic mass is 35.5. The van der Waals surface area contributed by atoms with Crippen LogP contribution in [0.3, 0.4) is 0 Å². The van der Waals surface area contributed by atoms with Gasteiger partial charge in [-0.25, -0.2) is 0 Å². The number of piperidine rings is 3. The highest BCUT2D eigenvalue weighted by Crippen LogP contribution is 2.30. The van der Waals surface area contributed by atoms with E-state index in [1.807, 2.05) is 18.2 Å². The van der Waals surface area contributed by atoms with E-state index in [0.717, 1.165) is 19.6 Å². The molecule has 2 bridgehead atoms. The summed E-state index contributed by atoms with van der Waals surface area (Å²) in [5, 5.41) is 3.27. The van der Waals surface area contributed by atoms with Gasteiger partial charge in [-0.1, -0.05) is 6.07 Å². The summed E-state index contributed by atoms with van der Waals surface area (Å²) in [5.74, 6) is 0.545. The average molecular weight is 421 g/mol. The minimum Gasteiger partial charge on any atom is -0.423 e. The van der Waals surface area contributed by atoms with Crippen molar-refractivity contribution in [3.05, 3.63) is 23.8 Å². The number of morpholine rings is 1. The first-order chi connectivity index (χ1) is 13.6. The molecule has 4 aliphatic rings. The number of nitrogens with zero attached hydrogens (tertiary/aromatic N) is 3. The average Bonchev–Trinajstić information content (AvgIpc) is 3.12. The fraction of sp³-hybridized carbons (Fsp3) is 0.619. The van der Waals surface area contributed by atoms with Crippen molar-refractivity contribution in [3.63, 3.8) is 0 Å². The van der Waals surface area contributed by atoms with Gasteiger partial charge in [-0.05, 0) is 57.8 Å². The molecular weight excluding hydrogens is 392 g/mol. The van der Waals surface area contributed by atoms with Crippen LogP contribution < -0.4 is 10.2 Å². The second-order valence-electron chi connectivity index (χ2n) is 8.51. The number of halogens is 1. The number of oxazole rings is 1. The molecular formula is C21H29ClN4O3. The normalized spacial score (nSPS) is 31.5. The molecule has 3 atom stereocenters. The van der Waals surface area contributed by atoms with Gasteiger partial charge in [-0.15, -0.1) is 12.4 Å². The number of rotatable bonds is 3. The number of hydrogen-bond donors (Lipinski definition) is 1. The van der Waals surface area contributed by atoms with Crippen LogP contribution in [-0.2, 0) is 4.74 Å². The quantitative estimate of drug-likeness (QED) is 0.823. The monoisotopic (exact) mass is 420 g/mol. The van der Waals surface area contributed by atoms with Crippen LogP contribution in [0.4, 0.5) is 6.01 Å². The van der Waals surface area contributed by atoms with Gasteiger partial charge in [0, 0.05) is 12.6 Å². The Hall–Kier alpha value is -1.83. The number of para-hydroxylation sites is 1. The number of hydrogen-bond acceptors (Lipinski definition) is 6. The number of carbonyl (C=O) groups excluding carboxylic acids is 1. The minimum atomic E-state index is -0.0488. The maximum Gasteiger partial charge on any atom is 0.299 e. The molecule has 158 valence electrons. The van der Waals surface area contributed by atoms with Gasteiger partial charge in [-0.3, -0.25) is 4.79 Å². The molecule has 8 heteroatoms. The number of carbonyl (C=O) groups is 1. The third-order valence-corrected chi connectivity index (χ3v) is 6.51. The zero-order chi connectivity index (χ0) is 19.3. The highest BCUT2D eigenvalue weighted by Gasteiger charge is 2.35. The van der Waals surface area contributed by atoms with Gasteiger partial charge in [-0.2, -0.15) is 4.98 Å². The molecule has 0 spiro atoms. The van der Waals surface area contributed by atoms with Gasteiger partial charge in [0.1, 0.15) is 5.52 Å². The van der Waals surface area contributed by atoms with E-state index < -0.39 is 0 Å². The molecule has 5 heterocycles. The third kappa shape index (κ3) is 3.71. The molecule has 29 heavy (non-hydrogen) atoms. The number of anilines is 1. The van der Waals surface area contributed by atoms with Crippen molar-refractivity contribution in [1.82, 2.24) is 15.2 Å². The molecule has 1 N–H and O–H groups in total. The topological polar surface area (TPSA) is 70.8 Å². The maximum absolute atomic E-state index is 13.1. The van der Waals surface area contributed by atoms with Crippen LogP contribution >= 0.6 is 12.4 Å². The van der Waals surface area contributed by atoms with Gasteiger partial charge in [0.25, 0.3) is 11.9 Å². The van der Waals surface area contributed by atoms with Crippen molar-refractivity contribution in [2.45, 2.75) is 44.8 Å². The van der Waals surface area contributed by atoms with Crippen LogP contribution in [-0.4, -0.2) is 66.8 Å². The number of nitrogens with one attached hydrogen (secondary N) is 1.